The quantitative estimate of drug-likeness (QED) is 0.683. The van der Waals surface area contributed by atoms with Crippen molar-refractivity contribution in [3.8, 4) is 11.5 Å². The van der Waals surface area contributed by atoms with E-state index in [1.54, 1.807) is 19.1 Å². The van der Waals surface area contributed by atoms with E-state index in [-0.39, 0.29) is 16.6 Å². The first-order chi connectivity index (χ1) is 9.06. The maximum atomic E-state index is 13.3. The highest BCUT2D eigenvalue weighted by molar-refractivity contribution is 6.32. The number of ether oxygens (including phenoxy) is 1. The van der Waals surface area contributed by atoms with Crippen LogP contribution >= 0.6 is 11.6 Å². The molecule has 0 spiro atoms. The smallest absolute Gasteiger partial charge is 0.146 e. The minimum absolute atomic E-state index is 0.144. The van der Waals surface area contributed by atoms with Gasteiger partial charge in [0.25, 0.3) is 0 Å². The predicted molar refractivity (Wildman–Crippen MR) is 74.0 cm³/mol. The predicted octanol–water partition coefficient (Wildman–Crippen LogP) is 5.75. The molecule has 4 heteroatoms. The van der Waals surface area contributed by atoms with E-state index in [2.05, 4.69) is 0 Å². The Morgan fingerprint density at radius 3 is 2.26 bits per heavy atom. The van der Waals surface area contributed by atoms with E-state index in [1.165, 1.54) is 18.2 Å². The van der Waals surface area contributed by atoms with E-state index in [1.807, 2.05) is 13.8 Å². The van der Waals surface area contributed by atoms with Crippen LogP contribution in [0.2, 0.25) is 5.02 Å². The van der Waals surface area contributed by atoms with Crippen molar-refractivity contribution in [3.05, 3.63) is 58.6 Å². The summed E-state index contributed by atoms with van der Waals surface area (Å²) >= 11 is 5.79. The lowest BCUT2D eigenvalue weighted by Crippen LogP contribution is -1.88. The third-order valence-corrected chi connectivity index (χ3v) is 2.56. The van der Waals surface area contributed by atoms with E-state index < -0.39 is 5.82 Å². The first kappa shape index (κ1) is 15.4. The molecule has 0 aromatic heterocycles. The van der Waals surface area contributed by atoms with E-state index >= 15 is 0 Å². The Morgan fingerprint density at radius 1 is 1.00 bits per heavy atom. The van der Waals surface area contributed by atoms with Crippen molar-refractivity contribution in [2.24, 2.45) is 0 Å². The average molecular weight is 285 g/mol. The topological polar surface area (TPSA) is 9.23 Å². The molecule has 0 saturated carbocycles. The molecule has 19 heavy (non-hydrogen) atoms. The van der Waals surface area contributed by atoms with Crippen LogP contribution in [0, 0.1) is 18.6 Å². The molecule has 0 bridgehead atoms. The number of benzene rings is 2. The van der Waals surface area contributed by atoms with Crippen LogP contribution in [0.1, 0.15) is 19.4 Å². The van der Waals surface area contributed by atoms with Gasteiger partial charge >= 0.3 is 0 Å². The van der Waals surface area contributed by atoms with Gasteiger partial charge < -0.3 is 4.74 Å². The van der Waals surface area contributed by atoms with Crippen molar-refractivity contribution < 1.29 is 13.5 Å². The van der Waals surface area contributed by atoms with Gasteiger partial charge in [-0.05, 0) is 36.8 Å². The molecule has 0 aliphatic heterocycles. The summed E-state index contributed by atoms with van der Waals surface area (Å²) in [5.41, 5.74) is 0.530. The Kier molecular flexibility index (Phi) is 5.77. The van der Waals surface area contributed by atoms with Crippen LogP contribution in [0.5, 0.6) is 11.5 Å². The molecule has 0 aliphatic rings. The molecule has 2 aromatic carbocycles. The second-order valence-electron chi connectivity index (χ2n) is 3.59. The van der Waals surface area contributed by atoms with Gasteiger partial charge in [-0.3, -0.25) is 0 Å². The maximum Gasteiger partial charge on any atom is 0.146 e. The van der Waals surface area contributed by atoms with Crippen LogP contribution in [0.15, 0.2) is 36.4 Å². The van der Waals surface area contributed by atoms with Gasteiger partial charge in [-0.1, -0.05) is 31.5 Å². The highest BCUT2D eigenvalue weighted by atomic mass is 35.5. The average Bonchev–Trinajstić information content (AvgIpc) is 2.39. The van der Waals surface area contributed by atoms with E-state index in [4.69, 9.17) is 16.3 Å². The summed E-state index contributed by atoms with van der Waals surface area (Å²) in [6.07, 6.45) is 0. The molecule has 0 saturated heterocycles. The SMILES string of the molecule is CC.Cc1ccc(Oc2ccc(F)cc2Cl)cc1F. The normalized spacial score (nSPS) is 9.58. The molecule has 0 aliphatic carbocycles. The van der Waals surface area contributed by atoms with Crippen molar-refractivity contribution >= 4 is 11.6 Å². The van der Waals surface area contributed by atoms with Gasteiger partial charge in [-0.15, -0.1) is 0 Å². The summed E-state index contributed by atoms with van der Waals surface area (Å²) in [5, 5.41) is 0.144. The van der Waals surface area contributed by atoms with Crippen molar-refractivity contribution in [2.75, 3.05) is 0 Å². The summed E-state index contributed by atoms with van der Waals surface area (Å²) in [7, 11) is 0. The van der Waals surface area contributed by atoms with Gasteiger partial charge in [0, 0.05) is 6.07 Å². The van der Waals surface area contributed by atoms with Gasteiger partial charge in [0.15, 0.2) is 0 Å². The third-order valence-electron chi connectivity index (χ3n) is 2.27. The molecule has 0 heterocycles. The van der Waals surface area contributed by atoms with E-state index in [0.29, 0.717) is 11.3 Å². The zero-order valence-electron chi connectivity index (χ0n) is 11.0. The van der Waals surface area contributed by atoms with Crippen molar-refractivity contribution in [1.82, 2.24) is 0 Å². The molecule has 1 nitrogen and oxygen atoms in total. The molecule has 2 aromatic rings. The zero-order chi connectivity index (χ0) is 14.4. The molecule has 0 atom stereocenters. The fraction of sp³-hybridized carbons (Fsp3) is 0.200. The van der Waals surface area contributed by atoms with Crippen LogP contribution in [-0.4, -0.2) is 0 Å². The summed E-state index contributed by atoms with van der Waals surface area (Å²) < 4.78 is 31.4. The number of hydrogen-bond acceptors (Lipinski definition) is 1. The van der Waals surface area contributed by atoms with E-state index in [0.717, 1.165) is 6.07 Å². The molecule has 0 amide bonds. The summed E-state index contributed by atoms with van der Waals surface area (Å²) in [4.78, 5) is 0. The highest BCUT2D eigenvalue weighted by Gasteiger charge is 2.06. The molecule has 2 rings (SSSR count). The molecular formula is C15H15ClF2O. The lowest BCUT2D eigenvalue weighted by Gasteiger charge is -2.08. The number of hydrogen-bond donors (Lipinski definition) is 0. The van der Waals surface area contributed by atoms with Gasteiger partial charge in [-0.25, -0.2) is 8.78 Å². The van der Waals surface area contributed by atoms with Gasteiger partial charge in [0.2, 0.25) is 0 Å². The molecule has 0 N–H and O–H groups in total. The minimum atomic E-state index is -0.447. The molecule has 0 fully saturated rings. The largest absolute Gasteiger partial charge is 0.456 e. The summed E-state index contributed by atoms with van der Waals surface area (Å²) in [6, 6.07) is 8.25. The van der Waals surface area contributed by atoms with Crippen molar-refractivity contribution in [1.29, 1.82) is 0 Å². The second-order valence-corrected chi connectivity index (χ2v) is 3.99. The van der Waals surface area contributed by atoms with Crippen LogP contribution in [0.3, 0.4) is 0 Å². The minimum Gasteiger partial charge on any atom is -0.456 e. The Balaban J connectivity index is 0.000000861. The van der Waals surface area contributed by atoms with Crippen LogP contribution in [0.4, 0.5) is 8.78 Å². The third kappa shape index (κ3) is 4.21. The highest BCUT2D eigenvalue weighted by Crippen LogP contribution is 2.30. The van der Waals surface area contributed by atoms with Crippen LogP contribution in [0.25, 0.3) is 0 Å². The lowest BCUT2D eigenvalue weighted by molar-refractivity contribution is 0.474. The lowest BCUT2D eigenvalue weighted by atomic mass is 10.2. The summed E-state index contributed by atoms with van der Waals surface area (Å²) in [6.45, 7) is 5.66. The molecular weight excluding hydrogens is 270 g/mol. The first-order valence-corrected chi connectivity index (χ1v) is 6.33. The standard InChI is InChI=1S/C13H9ClF2O.C2H6/c1-8-2-4-10(7-12(8)16)17-13-5-3-9(15)6-11(13)14;1-2/h2-7H,1H3;1-2H3. The van der Waals surface area contributed by atoms with Crippen LogP contribution in [-0.2, 0) is 0 Å². The van der Waals surface area contributed by atoms with Crippen molar-refractivity contribution in [3.63, 3.8) is 0 Å². The Bertz CT molecular complexity index is 556. The number of rotatable bonds is 2. The van der Waals surface area contributed by atoms with Crippen molar-refractivity contribution in [2.45, 2.75) is 20.8 Å². The number of halogens is 3. The zero-order valence-corrected chi connectivity index (χ0v) is 11.8. The Morgan fingerprint density at radius 2 is 1.68 bits per heavy atom. The molecule has 0 unspecified atom stereocenters. The number of aryl methyl sites for hydroxylation is 1. The maximum absolute atomic E-state index is 13.3. The Hall–Kier alpha value is -1.61. The molecule has 0 radical (unpaired) electrons. The fourth-order valence-corrected chi connectivity index (χ4v) is 1.53. The molecule has 102 valence electrons. The van der Waals surface area contributed by atoms with E-state index in [9.17, 15) is 8.78 Å². The van der Waals surface area contributed by atoms with Gasteiger partial charge in [-0.2, -0.15) is 0 Å². The van der Waals surface area contributed by atoms with Crippen LogP contribution < -0.4 is 4.74 Å². The van der Waals surface area contributed by atoms with Gasteiger partial charge in [0.05, 0.1) is 5.02 Å². The monoisotopic (exact) mass is 284 g/mol. The fourth-order valence-electron chi connectivity index (χ4n) is 1.32. The Labute approximate surface area is 116 Å². The van der Waals surface area contributed by atoms with Gasteiger partial charge in [0.1, 0.15) is 23.1 Å². The first-order valence-electron chi connectivity index (χ1n) is 5.95. The summed E-state index contributed by atoms with van der Waals surface area (Å²) in [5.74, 6) is -0.198. The second kappa shape index (κ2) is 7.10.